The van der Waals surface area contributed by atoms with Gasteiger partial charge in [-0.3, -0.25) is 14.3 Å². The van der Waals surface area contributed by atoms with E-state index in [0.717, 1.165) is 61.1 Å². The number of nitrogens with one attached hydrogen (secondary N) is 1. The maximum absolute atomic E-state index is 12.6. The summed E-state index contributed by atoms with van der Waals surface area (Å²) in [6, 6.07) is 28.6. The first kappa shape index (κ1) is 26.5. The highest BCUT2D eigenvalue weighted by atomic mass is 35.5. The lowest BCUT2D eigenvalue weighted by atomic mass is 10.0. The van der Waals surface area contributed by atoms with E-state index >= 15 is 0 Å². The molecule has 0 aliphatic carbocycles. The van der Waals surface area contributed by atoms with Crippen molar-refractivity contribution in [1.29, 1.82) is 0 Å². The standard InChI is InChI=1S/C30H32ClN5OS/c31-27-15-8-7-14-26(27)29-33-34-30(36(29)25-12-5-2-6-13-25)38-21-9-16-28(37)32-24-17-19-35(20-18-24)22-23-10-3-1-4-11-23/h1-8,10-15,24H,9,16-22H2,(H,32,37). The van der Waals surface area contributed by atoms with Crippen LogP contribution in [0, 0.1) is 0 Å². The van der Waals surface area contributed by atoms with Crippen LogP contribution in [0.5, 0.6) is 0 Å². The molecule has 0 saturated carbocycles. The van der Waals surface area contributed by atoms with Crippen LogP contribution in [-0.2, 0) is 11.3 Å². The van der Waals surface area contributed by atoms with E-state index in [9.17, 15) is 4.79 Å². The lowest BCUT2D eigenvalue weighted by molar-refractivity contribution is -0.122. The second-order valence-electron chi connectivity index (χ2n) is 9.51. The van der Waals surface area contributed by atoms with E-state index < -0.39 is 0 Å². The fraction of sp³-hybridized carbons (Fsp3) is 0.300. The first-order valence-corrected chi connectivity index (χ1v) is 14.5. The van der Waals surface area contributed by atoms with Gasteiger partial charge in [-0.05, 0) is 49.1 Å². The van der Waals surface area contributed by atoms with Crippen LogP contribution >= 0.6 is 23.4 Å². The number of rotatable bonds is 10. The van der Waals surface area contributed by atoms with E-state index in [-0.39, 0.29) is 11.9 Å². The van der Waals surface area contributed by atoms with Gasteiger partial charge in [-0.25, -0.2) is 0 Å². The number of benzene rings is 3. The number of carbonyl (C=O) groups excluding carboxylic acids is 1. The van der Waals surface area contributed by atoms with Gasteiger partial charge in [0.05, 0.1) is 5.02 Å². The Hall–Kier alpha value is -3.13. The maximum atomic E-state index is 12.6. The van der Waals surface area contributed by atoms with Gasteiger partial charge in [0, 0.05) is 49.1 Å². The van der Waals surface area contributed by atoms with Gasteiger partial charge in [0.1, 0.15) is 0 Å². The number of carbonyl (C=O) groups is 1. The molecular formula is C30H32ClN5OS. The zero-order valence-corrected chi connectivity index (χ0v) is 22.9. The molecular weight excluding hydrogens is 514 g/mol. The minimum Gasteiger partial charge on any atom is -0.353 e. The van der Waals surface area contributed by atoms with Crippen molar-refractivity contribution in [2.45, 2.75) is 43.4 Å². The van der Waals surface area contributed by atoms with Crippen molar-refractivity contribution in [1.82, 2.24) is 25.0 Å². The highest BCUT2D eigenvalue weighted by Gasteiger charge is 2.21. The summed E-state index contributed by atoms with van der Waals surface area (Å²) < 4.78 is 2.04. The third-order valence-corrected chi connectivity index (χ3v) is 8.09. The predicted molar refractivity (Wildman–Crippen MR) is 155 cm³/mol. The monoisotopic (exact) mass is 545 g/mol. The van der Waals surface area contributed by atoms with Crippen molar-refractivity contribution >= 4 is 29.3 Å². The number of halogens is 1. The number of thioether (sulfide) groups is 1. The van der Waals surface area contributed by atoms with E-state index in [1.807, 2.05) is 59.2 Å². The Kier molecular flexibility index (Phi) is 9.12. The molecule has 1 saturated heterocycles. The topological polar surface area (TPSA) is 63.1 Å². The quantitative estimate of drug-likeness (QED) is 0.189. The third-order valence-electron chi connectivity index (χ3n) is 6.74. The number of hydrogen-bond acceptors (Lipinski definition) is 5. The Morgan fingerprint density at radius 1 is 0.921 bits per heavy atom. The Bertz CT molecular complexity index is 1320. The first-order chi connectivity index (χ1) is 18.7. The van der Waals surface area contributed by atoms with Gasteiger partial charge >= 0.3 is 0 Å². The van der Waals surface area contributed by atoms with E-state index in [1.54, 1.807) is 11.8 Å². The molecule has 196 valence electrons. The molecule has 1 N–H and O–H groups in total. The molecule has 0 bridgehead atoms. The molecule has 38 heavy (non-hydrogen) atoms. The van der Waals surface area contributed by atoms with E-state index in [0.29, 0.717) is 17.3 Å². The van der Waals surface area contributed by atoms with Gasteiger partial charge in [-0.2, -0.15) is 0 Å². The van der Waals surface area contributed by atoms with Crippen molar-refractivity contribution in [3.8, 4) is 17.1 Å². The van der Waals surface area contributed by atoms with Crippen LogP contribution in [0.2, 0.25) is 5.02 Å². The number of nitrogens with zero attached hydrogens (tertiary/aromatic N) is 4. The Morgan fingerprint density at radius 2 is 1.61 bits per heavy atom. The van der Waals surface area contributed by atoms with E-state index in [2.05, 4.69) is 50.7 Å². The van der Waals surface area contributed by atoms with Crippen molar-refractivity contribution in [2.75, 3.05) is 18.8 Å². The molecule has 0 radical (unpaired) electrons. The highest BCUT2D eigenvalue weighted by Crippen LogP contribution is 2.32. The summed E-state index contributed by atoms with van der Waals surface area (Å²) in [7, 11) is 0. The molecule has 2 heterocycles. The molecule has 1 aromatic heterocycles. The number of hydrogen-bond donors (Lipinski definition) is 1. The summed E-state index contributed by atoms with van der Waals surface area (Å²) in [6.45, 7) is 3.00. The average molecular weight is 546 g/mol. The second-order valence-corrected chi connectivity index (χ2v) is 11.0. The number of para-hydroxylation sites is 1. The molecule has 8 heteroatoms. The van der Waals surface area contributed by atoms with Gasteiger partial charge in [0.25, 0.3) is 0 Å². The molecule has 1 aliphatic rings. The fourth-order valence-corrected chi connectivity index (χ4v) is 5.87. The molecule has 1 amide bonds. The van der Waals surface area contributed by atoms with Crippen molar-refractivity contribution < 1.29 is 4.79 Å². The van der Waals surface area contributed by atoms with Crippen LogP contribution in [0.15, 0.2) is 90.1 Å². The number of amides is 1. The summed E-state index contributed by atoms with van der Waals surface area (Å²) in [6.07, 6.45) is 3.27. The maximum Gasteiger partial charge on any atom is 0.220 e. The van der Waals surface area contributed by atoms with Crippen molar-refractivity contribution in [3.63, 3.8) is 0 Å². The van der Waals surface area contributed by atoms with Gasteiger partial charge in [0.2, 0.25) is 5.91 Å². The van der Waals surface area contributed by atoms with Gasteiger partial charge in [-0.1, -0.05) is 84.0 Å². The highest BCUT2D eigenvalue weighted by molar-refractivity contribution is 7.99. The fourth-order valence-electron chi connectivity index (χ4n) is 4.76. The molecule has 5 rings (SSSR count). The minimum atomic E-state index is 0.133. The van der Waals surface area contributed by atoms with Crippen LogP contribution in [0.4, 0.5) is 0 Å². The van der Waals surface area contributed by atoms with Crippen molar-refractivity contribution in [2.24, 2.45) is 0 Å². The summed E-state index contributed by atoms with van der Waals surface area (Å²) in [4.78, 5) is 15.1. The molecule has 3 aromatic carbocycles. The normalized spacial score (nSPS) is 14.4. The van der Waals surface area contributed by atoms with Gasteiger partial charge < -0.3 is 5.32 Å². The minimum absolute atomic E-state index is 0.133. The Labute approximate surface area is 233 Å². The number of aromatic nitrogens is 3. The van der Waals surface area contributed by atoms with Crippen LogP contribution in [0.25, 0.3) is 17.1 Å². The van der Waals surface area contributed by atoms with E-state index in [4.69, 9.17) is 11.6 Å². The summed E-state index contributed by atoms with van der Waals surface area (Å²) in [5.41, 5.74) is 3.16. The Balaban J connectivity index is 1.11. The number of piperidine rings is 1. The lowest BCUT2D eigenvalue weighted by Crippen LogP contribution is -2.44. The zero-order chi connectivity index (χ0) is 26.2. The van der Waals surface area contributed by atoms with E-state index in [1.165, 1.54) is 5.56 Å². The number of likely N-dealkylation sites (tertiary alicyclic amines) is 1. The van der Waals surface area contributed by atoms with Gasteiger partial charge in [0.15, 0.2) is 11.0 Å². The molecule has 4 aromatic rings. The second kappa shape index (κ2) is 13.1. The zero-order valence-electron chi connectivity index (χ0n) is 21.3. The Morgan fingerprint density at radius 3 is 2.34 bits per heavy atom. The third kappa shape index (κ3) is 6.84. The molecule has 1 aliphatic heterocycles. The van der Waals surface area contributed by atoms with Crippen molar-refractivity contribution in [3.05, 3.63) is 95.5 Å². The molecule has 0 spiro atoms. The summed E-state index contributed by atoms with van der Waals surface area (Å²) in [5, 5.41) is 13.6. The van der Waals surface area contributed by atoms with Crippen LogP contribution < -0.4 is 5.32 Å². The lowest BCUT2D eigenvalue weighted by Gasteiger charge is -2.32. The SMILES string of the molecule is O=C(CCCSc1nnc(-c2ccccc2Cl)n1-c1ccccc1)NC1CCN(Cc2ccccc2)CC1. The summed E-state index contributed by atoms with van der Waals surface area (Å²) >= 11 is 8.09. The molecule has 0 atom stereocenters. The molecule has 0 unspecified atom stereocenters. The summed E-state index contributed by atoms with van der Waals surface area (Å²) in [5.74, 6) is 1.62. The van der Waals surface area contributed by atoms with Crippen LogP contribution in [-0.4, -0.2) is 50.5 Å². The molecule has 1 fully saturated rings. The average Bonchev–Trinajstić information content (AvgIpc) is 3.37. The largest absolute Gasteiger partial charge is 0.353 e. The predicted octanol–water partition coefficient (Wildman–Crippen LogP) is 6.24. The first-order valence-electron chi connectivity index (χ1n) is 13.1. The van der Waals surface area contributed by atoms with Crippen LogP contribution in [0.3, 0.4) is 0 Å². The smallest absolute Gasteiger partial charge is 0.220 e. The van der Waals surface area contributed by atoms with Gasteiger partial charge in [-0.15, -0.1) is 10.2 Å². The van der Waals surface area contributed by atoms with Crippen LogP contribution in [0.1, 0.15) is 31.2 Å². The molecule has 6 nitrogen and oxygen atoms in total.